The van der Waals surface area contributed by atoms with Gasteiger partial charge in [-0.25, -0.2) is 18.1 Å². The summed E-state index contributed by atoms with van der Waals surface area (Å²) in [6.07, 6.45) is 7.08. The molecule has 2 atom stereocenters. The summed E-state index contributed by atoms with van der Waals surface area (Å²) >= 11 is 0. The van der Waals surface area contributed by atoms with Gasteiger partial charge in [-0.2, -0.15) is 9.78 Å². The predicted molar refractivity (Wildman–Crippen MR) is 180 cm³/mol. The summed E-state index contributed by atoms with van der Waals surface area (Å²) < 4.78 is 30.2. The number of rotatable bonds is 13. The Kier molecular flexibility index (Phi) is 10.4. The van der Waals surface area contributed by atoms with Gasteiger partial charge in [-0.05, 0) is 69.7 Å². The molecule has 0 aliphatic carbocycles. The van der Waals surface area contributed by atoms with Crippen molar-refractivity contribution in [3.05, 3.63) is 34.9 Å². The second kappa shape index (κ2) is 13.4. The number of hydrogen-bond acceptors (Lipinski definition) is 8. The van der Waals surface area contributed by atoms with Crippen LogP contribution in [0.15, 0.2) is 22.2 Å². The van der Waals surface area contributed by atoms with Gasteiger partial charge in [0.05, 0.1) is 29.8 Å². The SMILES string of the molecule is CCCCCCCCS(=O)(=O)NC(C)c1nnc2n1N=C(C(C)(C)C)/C2=N/c1cc2c(cc1C)N(CCO)C(C)(C)CC2C. The zero-order chi connectivity index (χ0) is 32.4. The van der Waals surface area contributed by atoms with Gasteiger partial charge in [-0.1, -0.05) is 66.7 Å². The largest absolute Gasteiger partial charge is 0.395 e. The number of nitrogens with one attached hydrogen (secondary N) is 1. The highest BCUT2D eigenvalue weighted by Crippen LogP contribution is 2.45. The minimum atomic E-state index is -3.49. The second-order valence-corrected chi connectivity index (χ2v) is 16.1. The topological polar surface area (TPSA) is 125 Å². The van der Waals surface area contributed by atoms with E-state index in [1.807, 2.05) is 0 Å². The first-order valence-corrected chi connectivity index (χ1v) is 17.9. The molecule has 2 aliphatic heterocycles. The van der Waals surface area contributed by atoms with Crippen LogP contribution >= 0.6 is 0 Å². The molecule has 4 rings (SSSR count). The van der Waals surface area contributed by atoms with Gasteiger partial charge in [0, 0.05) is 23.2 Å². The minimum Gasteiger partial charge on any atom is -0.395 e. The lowest BCUT2D eigenvalue weighted by atomic mass is 9.79. The van der Waals surface area contributed by atoms with Crippen LogP contribution in [0.1, 0.15) is 135 Å². The van der Waals surface area contributed by atoms with Crippen molar-refractivity contribution in [3.63, 3.8) is 0 Å². The van der Waals surface area contributed by atoms with E-state index in [2.05, 4.69) is 87.3 Å². The van der Waals surface area contributed by atoms with Gasteiger partial charge >= 0.3 is 0 Å². The average Bonchev–Trinajstić information content (AvgIpc) is 3.49. The van der Waals surface area contributed by atoms with Gasteiger partial charge in [0.2, 0.25) is 15.8 Å². The summed E-state index contributed by atoms with van der Waals surface area (Å²) in [5, 5.41) is 23.6. The van der Waals surface area contributed by atoms with Crippen LogP contribution < -0.4 is 9.62 Å². The highest BCUT2D eigenvalue weighted by molar-refractivity contribution is 7.89. The minimum absolute atomic E-state index is 0.0633. The molecule has 0 saturated heterocycles. The van der Waals surface area contributed by atoms with Crippen molar-refractivity contribution in [2.24, 2.45) is 15.5 Å². The standard InChI is InChI=1S/C33H53N7O3S/c1-10-11-12-13-14-15-18-44(42,43)38-24(4)30-35-36-31-28(29(32(5,6)7)37-40(30)31)34-26-20-25-23(3)21-33(8,9)39(16-17-41)27(25)19-22(26)2/h19-20,23-24,38,41H,10-18,21H2,1-9H3/b34-28-. The van der Waals surface area contributed by atoms with Crippen LogP contribution in [0.3, 0.4) is 0 Å². The van der Waals surface area contributed by atoms with E-state index in [1.54, 1.807) is 11.6 Å². The van der Waals surface area contributed by atoms with Crippen molar-refractivity contribution in [2.45, 2.75) is 125 Å². The second-order valence-electron chi connectivity index (χ2n) is 14.3. The number of nitrogens with zero attached hydrogens (tertiary/aromatic N) is 6. The smallest absolute Gasteiger partial charge is 0.212 e. The Hall–Kier alpha value is -2.63. The molecular weight excluding hydrogens is 574 g/mol. The maximum absolute atomic E-state index is 12.9. The number of unbranched alkanes of at least 4 members (excludes halogenated alkanes) is 5. The lowest BCUT2D eigenvalue weighted by Crippen LogP contribution is -2.49. The van der Waals surface area contributed by atoms with Crippen LogP contribution in [-0.2, 0) is 10.0 Å². The van der Waals surface area contributed by atoms with E-state index in [-0.39, 0.29) is 23.3 Å². The van der Waals surface area contributed by atoms with Crippen LogP contribution in [0.4, 0.5) is 11.4 Å². The number of fused-ring (bicyclic) bond motifs is 2. The van der Waals surface area contributed by atoms with E-state index < -0.39 is 16.1 Å². The Balaban J connectivity index is 1.65. The number of aliphatic hydroxyl groups excluding tert-OH is 1. The molecule has 0 spiro atoms. The van der Waals surface area contributed by atoms with Crippen LogP contribution in [0.5, 0.6) is 0 Å². The van der Waals surface area contributed by atoms with Crippen molar-refractivity contribution in [3.8, 4) is 0 Å². The molecule has 1 aromatic heterocycles. The lowest BCUT2D eigenvalue weighted by molar-refractivity contribution is 0.277. The van der Waals surface area contributed by atoms with Gasteiger partial charge in [0.1, 0.15) is 5.71 Å². The van der Waals surface area contributed by atoms with Crippen molar-refractivity contribution in [1.82, 2.24) is 19.6 Å². The summed E-state index contributed by atoms with van der Waals surface area (Å²) in [4.78, 5) is 7.48. The number of aliphatic imine (C=N–C) groups is 1. The molecule has 2 aliphatic rings. The molecule has 10 nitrogen and oxygen atoms in total. The summed E-state index contributed by atoms with van der Waals surface area (Å²) in [5.74, 6) is 1.38. The zero-order valence-electron chi connectivity index (χ0n) is 28.2. The first-order valence-electron chi connectivity index (χ1n) is 16.3. The van der Waals surface area contributed by atoms with Gasteiger partial charge in [-0.3, -0.25) is 0 Å². The summed E-state index contributed by atoms with van der Waals surface area (Å²) in [7, 11) is -3.49. The Bertz CT molecular complexity index is 1500. The zero-order valence-corrected chi connectivity index (χ0v) is 29.1. The first-order chi connectivity index (χ1) is 20.6. The number of hydrogen-bond donors (Lipinski definition) is 2. The number of aliphatic hydroxyl groups is 1. The summed E-state index contributed by atoms with van der Waals surface area (Å²) in [5.41, 5.74) is 5.25. The highest BCUT2D eigenvalue weighted by Gasteiger charge is 2.38. The van der Waals surface area contributed by atoms with E-state index in [0.717, 1.165) is 48.3 Å². The van der Waals surface area contributed by atoms with Crippen molar-refractivity contribution in [2.75, 3.05) is 23.8 Å². The molecule has 11 heteroatoms. The van der Waals surface area contributed by atoms with Crippen LogP contribution in [0, 0.1) is 12.3 Å². The van der Waals surface area contributed by atoms with Gasteiger partial charge < -0.3 is 10.0 Å². The molecule has 3 heterocycles. The number of anilines is 1. The fraction of sp³-hybridized carbons (Fsp3) is 0.697. The summed E-state index contributed by atoms with van der Waals surface area (Å²) in [6.45, 7) is 19.7. The molecular formula is C33H53N7O3S. The quantitative estimate of drug-likeness (QED) is 0.248. The molecule has 1 aromatic carbocycles. The molecule has 0 amide bonds. The van der Waals surface area contributed by atoms with E-state index >= 15 is 0 Å². The first kappa shape index (κ1) is 34.2. The molecule has 44 heavy (non-hydrogen) atoms. The molecule has 2 N–H and O–H groups in total. The molecule has 0 saturated carbocycles. The normalized spacial score (nSPS) is 19.7. The summed E-state index contributed by atoms with van der Waals surface area (Å²) in [6, 6.07) is 3.75. The Morgan fingerprint density at radius 2 is 1.82 bits per heavy atom. The lowest BCUT2D eigenvalue weighted by Gasteiger charge is -2.47. The number of benzene rings is 1. The maximum Gasteiger partial charge on any atom is 0.212 e. The molecule has 244 valence electrons. The number of aryl methyl sites for hydroxylation is 1. The highest BCUT2D eigenvalue weighted by atomic mass is 32.2. The van der Waals surface area contributed by atoms with Crippen molar-refractivity contribution in [1.29, 1.82) is 0 Å². The number of aromatic nitrogens is 3. The molecule has 2 aromatic rings. The van der Waals surface area contributed by atoms with Crippen LogP contribution in [-0.4, -0.2) is 64.3 Å². The molecule has 0 bridgehead atoms. The van der Waals surface area contributed by atoms with Gasteiger partial charge in [0.25, 0.3) is 0 Å². The van der Waals surface area contributed by atoms with Gasteiger partial charge in [0.15, 0.2) is 5.82 Å². The molecule has 0 radical (unpaired) electrons. The predicted octanol–water partition coefficient (Wildman–Crippen LogP) is 6.40. The molecule has 0 fully saturated rings. The van der Waals surface area contributed by atoms with Gasteiger partial charge in [-0.15, -0.1) is 10.2 Å². The number of β-amino-alcohol motifs (C(OH)–C–C–N with tert-alkyl or cyclic N) is 1. The third-order valence-electron chi connectivity index (χ3n) is 8.78. The third-order valence-corrected chi connectivity index (χ3v) is 10.3. The van der Waals surface area contributed by atoms with E-state index in [0.29, 0.717) is 36.2 Å². The Morgan fingerprint density at radius 3 is 2.48 bits per heavy atom. The van der Waals surface area contributed by atoms with E-state index in [4.69, 9.17) is 10.1 Å². The fourth-order valence-corrected chi connectivity index (χ4v) is 7.85. The average molecular weight is 628 g/mol. The van der Waals surface area contributed by atoms with Crippen LogP contribution in [0.2, 0.25) is 0 Å². The maximum atomic E-state index is 12.9. The van der Waals surface area contributed by atoms with E-state index in [9.17, 15) is 13.5 Å². The van der Waals surface area contributed by atoms with E-state index in [1.165, 1.54) is 18.4 Å². The van der Waals surface area contributed by atoms with Crippen LogP contribution in [0.25, 0.3) is 0 Å². The molecule has 2 unspecified atom stereocenters. The van der Waals surface area contributed by atoms with Crippen molar-refractivity contribution < 1.29 is 13.5 Å². The van der Waals surface area contributed by atoms with Crippen molar-refractivity contribution >= 4 is 32.8 Å². The Labute approximate surface area is 264 Å². The monoisotopic (exact) mass is 627 g/mol. The fourth-order valence-electron chi connectivity index (χ4n) is 6.51. The third kappa shape index (κ3) is 7.42. The number of sulfonamides is 1. The Morgan fingerprint density at radius 1 is 1.14 bits per heavy atom.